The zero-order chi connectivity index (χ0) is 10.8. The van der Waals surface area contributed by atoms with E-state index < -0.39 is 0 Å². The molecule has 0 radical (unpaired) electrons. The Bertz CT molecular complexity index is 397. The minimum atomic E-state index is 0.424. The number of aryl methyl sites for hydroxylation is 1. The summed E-state index contributed by atoms with van der Waals surface area (Å²) in [5, 5.41) is 0.687. The highest BCUT2D eigenvalue weighted by atomic mass is 35.5. The van der Waals surface area contributed by atoms with Crippen molar-refractivity contribution in [3.05, 3.63) is 34.3 Å². The molecule has 0 spiro atoms. The number of nitrogens with one attached hydrogen (secondary N) is 1. The summed E-state index contributed by atoms with van der Waals surface area (Å²) in [6.07, 6.45) is 2.29. The molecule has 1 aromatic rings. The van der Waals surface area contributed by atoms with Crippen LogP contribution in [0.1, 0.15) is 24.0 Å². The molecule has 2 rings (SSSR count). The SMILES string of the molecule is Cc1ccc(C(=NC2CC2)NN)c(Cl)c1. The van der Waals surface area contributed by atoms with Gasteiger partial charge < -0.3 is 5.43 Å². The molecule has 0 heterocycles. The van der Waals surface area contributed by atoms with Crippen molar-refractivity contribution in [2.45, 2.75) is 25.8 Å². The molecule has 1 aliphatic carbocycles. The summed E-state index contributed by atoms with van der Waals surface area (Å²) in [4.78, 5) is 4.46. The van der Waals surface area contributed by atoms with E-state index in [0.29, 0.717) is 16.9 Å². The van der Waals surface area contributed by atoms with E-state index in [2.05, 4.69) is 10.4 Å². The van der Waals surface area contributed by atoms with Crippen LogP contribution in [0.3, 0.4) is 0 Å². The molecule has 0 amide bonds. The van der Waals surface area contributed by atoms with E-state index in [1.165, 1.54) is 0 Å². The quantitative estimate of drug-likeness (QED) is 0.349. The fourth-order valence-corrected chi connectivity index (χ4v) is 1.71. The largest absolute Gasteiger partial charge is 0.308 e. The van der Waals surface area contributed by atoms with Crippen LogP contribution < -0.4 is 11.3 Å². The van der Waals surface area contributed by atoms with Crippen molar-refractivity contribution in [2.24, 2.45) is 10.8 Å². The number of aliphatic imine (C=N–C) groups is 1. The number of benzene rings is 1. The normalized spacial score (nSPS) is 16.6. The number of hydrazine groups is 1. The molecule has 15 heavy (non-hydrogen) atoms. The molecule has 80 valence electrons. The van der Waals surface area contributed by atoms with Crippen molar-refractivity contribution < 1.29 is 0 Å². The first-order valence-corrected chi connectivity index (χ1v) is 5.39. The van der Waals surface area contributed by atoms with E-state index in [1.54, 1.807) is 0 Å². The molecule has 0 saturated heterocycles. The number of amidine groups is 1. The van der Waals surface area contributed by atoms with Gasteiger partial charge in [-0.25, -0.2) is 5.84 Å². The van der Waals surface area contributed by atoms with Crippen molar-refractivity contribution in [1.29, 1.82) is 0 Å². The van der Waals surface area contributed by atoms with E-state index in [9.17, 15) is 0 Å². The maximum absolute atomic E-state index is 6.13. The van der Waals surface area contributed by atoms with Crippen LogP contribution in [-0.4, -0.2) is 11.9 Å². The van der Waals surface area contributed by atoms with Gasteiger partial charge >= 0.3 is 0 Å². The van der Waals surface area contributed by atoms with Crippen LogP contribution in [0.25, 0.3) is 0 Å². The molecule has 0 aromatic heterocycles. The van der Waals surface area contributed by atoms with Crippen LogP contribution in [0.2, 0.25) is 5.02 Å². The number of hydrogen-bond acceptors (Lipinski definition) is 2. The monoisotopic (exact) mass is 223 g/mol. The summed E-state index contributed by atoms with van der Waals surface area (Å²) in [5.41, 5.74) is 4.62. The second-order valence-corrected chi connectivity index (χ2v) is 4.24. The molecule has 1 aromatic carbocycles. The summed E-state index contributed by atoms with van der Waals surface area (Å²) in [7, 11) is 0. The van der Waals surface area contributed by atoms with Gasteiger partial charge in [0, 0.05) is 5.56 Å². The van der Waals surface area contributed by atoms with Gasteiger partial charge in [0.2, 0.25) is 0 Å². The number of nitrogens with two attached hydrogens (primary N) is 1. The lowest BCUT2D eigenvalue weighted by atomic mass is 10.1. The van der Waals surface area contributed by atoms with Crippen LogP contribution in [-0.2, 0) is 0 Å². The zero-order valence-corrected chi connectivity index (χ0v) is 9.38. The lowest BCUT2D eigenvalue weighted by Gasteiger charge is -2.08. The predicted octanol–water partition coefficient (Wildman–Crippen LogP) is 2.02. The first kappa shape index (κ1) is 10.5. The molecule has 1 aliphatic rings. The first-order valence-electron chi connectivity index (χ1n) is 5.01. The first-order chi connectivity index (χ1) is 7.20. The van der Waals surface area contributed by atoms with Gasteiger partial charge in [0.25, 0.3) is 0 Å². The van der Waals surface area contributed by atoms with Crippen molar-refractivity contribution >= 4 is 17.4 Å². The molecule has 1 saturated carbocycles. The Morgan fingerprint density at radius 2 is 2.27 bits per heavy atom. The van der Waals surface area contributed by atoms with Crippen molar-refractivity contribution in [2.75, 3.05) is 0 Å². The van der Waals surface area contributed by atoms with Gasteiger partial charge in [0.05, 0.1) is 11.1 Å². The molecule has 0 unspecified atom stereocenters. The average Bonchev–Trinajstić information content (AvgIpc) is 2.99. The van der Waals surface area contributed by atoms with Gasteiger partial charge in [-0.3, -0.25) is 4.99 Å². The smallest absolute Gasteiger partial charge is 0.144 e. The Hall–Kier alpha value is -1.06. The lowest BCUT2D eigenvalue weighted by molar-refractivity contribution is 0.971. The van der Waals surface area contributed by atoms with Gasteiger partial charge in [-0.2, -0.15) is 0 Å². The Kier molecular flexibility index (Phi) is 2.93. The molecular formula is C11H14ClN3. The van der Waals surface area contributed by atoms with E-state index in [0.717, 1.165) is 24.0 Å². The van der Waals surface area contributed by atoms with Crippen LogP contribution >= 0.6 is 11.6 Å². The summed E-state index contributed by atoms with van der Waals surface area (Å²) < 4.78 is 0. The minimum absolute atomic E-state index is 0.424. The fourth-order valence-electron chi connectivity index (χ4n) is 1.38. The zero-order valence-electron chi connectivity index (χ0n) is 8.63. The van der Waals surface area contributed by atoms with E-state index in [4.69, 9.17) is 17.4 Å². The maximum Gasteiger partial charge on any atom is 0.144 e. The number of hydrogen-bond donors (Lipinski definition) is 2. The molecule has 0 atom stereocenters. The second-order valence-electron chi connectivity index (χ2n) is 3.84. The third-order valence-electron chi connectivity index (χ3n) is 2.37. The highest BCUT2D eigenvalue weighted by Crippen LogP contribution is 2.25. The van der Waals surface area contributed by atoms with Crippen LogP contribution in [0.5, 0.6) is 0 Å². The van der Waals surface area contributed by atoms with Gasteiger partial charge in [0.15, 0.2) is 0 Å². The predicted molar refractivity (Wildman–Crippen MR) is 63.1 cm³/mol. The van der Waals surface area contributed by atoms with Crippen LogP contribution in [0.4, 0.5) is 0 Å². The Balaban J connectivity index is 2.33. The Labute approximate surface area is 94.3 Å². The summed E-state index contributed by atoms with van der Waals surface area (Å²) in [5.74, 6) is 6.13. The van der Waals surface area contributed by atoms with Gasteiger partial charge in [0.1, 0.15) is 5.84 Å². The number of rotatable bonds is 2. The van der Waals surface area contributed by atoms with Crippen LogP contribution in [0, 0.1) is 6.92 Å². The Morgan fingerprint density at radius 3 is 2.80 bits per heavy atom. The van der Waals surface area contributed by atoms with Crippen molar-refractivity contribution in [3.8, 4) is 0 Å². The summed E-state index contributed by atoms with van der Waals surface area (Å²) in [6.45, 7) is 2.00. The van der Waals surface area contributed by atoms with Crippen molar-refractivity contribution in [1.82, 2.24) is 5.43 Å². The van der Waals surface area contributed by atoms with Gasteiger partial charge in [-0.05, 0) is 37.5 Å². The molecule has 1 fully saturated rings. The third kappa shape index (κ3) is 2.49. The average molecular weight is 224 g/mol. The van der Waals surface area contributed by atoms with Gasteiger partial charge in [-0.15, -0.1) is 0 Å². The van der Waals surface area contributed by atoms with E-state index >= 15 is 0 Å². The molecule has 4 heteroatoms. The van der Waals surface area contributed by atoms with Gasteiger partial charge in [-0.1, -0.05) is 17.7 Å². The van der Waals surface area contributed by atoms with E-state index in [-0.39, 0.29) is 0 Å². The van der Waals surface area contributed by atoms with Crippen LogP contribution in [0.15, 0.2) is 23.2 Å². The van der Waals surface area contributed by atoms with E-state index in [1.807, 2.05) is 25.1 Å². The highest BCUT2D eigenvalue weighted by molar-refractivity contribution is 6.34. The second kappa shape index (κ2) is 4.21. The maximum atomic E-state index is 6.13. The topological polar surface area (TPSA) is 50.4 Å². The summed E-state index contributed by atoms with van der Waals surface area (Å²) >= 11 is 6.13. The number of halogens is 1. The molecule has 3 N–H and O–H groups in total. The highest BCUT2D eigenvalue weighted by Gasteiger charge is 2.21. The Morgan fingerprint density at radius 1 is 1.53 bits per heavy atom. The molecule has 0 bridgehead atoms. The molecule has 0 aliphatic heterocycles. The third-order valence-corrected chi connectivity index (χ3v) is 2.69. The minimum Gasteiger partial charge on any atom is -0.308 e. The molecule has 3 nitrogen and oxygen atoms in total. The standard InChI is InChI=1S/C11H14ClN3/c1-7-2-5-9(10(12)6-7)11(15-13)14-8-3-4-8/h2,5-6,8H,3-4,13H2,1H3,(H,14,15). The summed E-state index contributed by atoms with van der Waals surface area (Å²) in [6, 6.07) is 6.28. The number of nitrogens with zero attached hydrogens (tertiary/aromatic N) is 1. The fraction of sp³-hybridized carbons (Fsp3) is 0.364. The lowest BCUT2D eigenvalue weighted by Crippen LogP contribution is -2.31. The molecular weight excluding hydrogens is 210 g/mol. The van der Waals surface area contributed by atoms with Crippen molar-refractivity contribution in [3.63, 3.8) is 0 Å².